The van der Waals surface area contributed by atoms with Crippen molar-refractivity contribution in [3.8, 4) is 5.69 Å². The molecule has 25 heavy (non-hydrogen) atoms. The molecule has 1 aromatic carbocycles. The third-order valence-electron chi connectivity index (χ3n) is 5.70. The van der Waals surface area contributed by atoms with Gasteiger partial charge in [0.15, 0.2) is 0 Å². The Balaban J connectivity index is 1.58. The monoisotopic (exact) mass is 335 g/mol. The first-order valence-corrected chi connectivity index (χ1v) is 9.51. The fourth-order valence-electron chi connectivity index (χ4n) is 4.30. The first-order chi connectivity index (χ1) is 12.4. The van der Waals surface area contributed by atoms with Crippen molar-refractivity contribution in [3.63, 3.8) is 0 Å². The number of piperazine rings is 1. The van der Waals surface area contributed by atoms with E-state index in [1.807, 2.05) is 6.20 Å². The molecule has 5 heteroatoms. The SMILES string of the molecule is c1cc2cc(-n3cc(N4CCNCC4)nc3C3CCCC3)ccc2[nH]1. The number of fused-ring (bicyclic) bond motifs is 1. The maximum atomic E-state index is 5.11. The van der Waals surface area contributed by atoms with Crippen molar-refractivity contribution in [3.05, 3.63) is 42.5 Å². The number of hydrogen-bond acceptors (Lipinski definition) is 3. The van der Waals surface area contributed by atoms with Crippen LogP contribution in [0.3, 0.4) is 0 Å². The van der Waals surface area contributed by atoms with Crippen LogP contribution in [0.5, 0.6) is 0 Å². The molecule has 2 N–H and O–H groups in total. The number of nitrogens with one attached hydrogen (secondary N) is 2. The van der Waals surface area contributed by atoms with Crippen molar-refractivity contribution in [2.24, 2.45) is 0 Å². The van der Waals surface area contributed by atoms with Crippen molar-refractivity contribution >= 4 is 16.7 Å². The highest BCUT2D eigenvalue weighted by Gasteiger charge is 2.25. The minimum atomic E-state index is 0.596. The average molecular weight is 335 g/mol. The Morgan fingerprint density at radius 3 is 2.72 bits per heavy atom. The van der Waals surface area contributed by atoms with Crippen molar-refractivity contribution in [2.75, 3.05) is 31.1 Å². The van der Waals surface area contributed by atoms with Gasteiger partial charge >= 0.3 is 0 Å². The number of hydrogen-bond donors (Lipinski definition) is 2. The van der Waals surface area contributed by atoms with Crippen LogP contribution in [0, 0.1) is 0 Å². The molecule has 1 aliphatic heterocycles. The van der Waals surface area contributed by atoms with Crippen LogP contribution in [0.2, 0.25) is 0 Å². The third-order valence-corrected chi connectivity index (χ3v) is 5.70. The van der Waals surface area contributed by atoms with Crippen molar-refractivity contribution in [1.29, 1.82) is 0 Å². The molecule has 0 bridgehead atoms. The molecule has 0 radical (unpaired) electrons. The van der Waals surface area contributed by atoms with Gasteiger partial charge in [0.05, 0.1) is 6.20 Å². The summed E-state index contributed by atoms with van der Waals surface area (Å²) in [4.78, 5) is 10.8. The molecule has 5 rings (SSSR count). The summed E-state index contributed by atoms with van der Waals surface area (Å²) in [5, 5.41) is 4.69. The fourth-order valence-corrected chi connectivity index (χ4v) is 4.30. The first-order valence-electron chi connectivity index (χ1n) is 9.51. The van der Waals surface area contributed by atoms with Crippen LogP contribution in [0.15, 0.2) is 36.7 Å². The Labute approximate surface area is 148 Å². The van der Waals surface area contributed by atoms with Gasteiger partial charge in [0.25, 0.3) is 0 Å². The molecule has 0 atom stereocenters. The molecule has 1 saturated carbocycles. The molecule has 0 spiro atoms. The van der Waals surface area contributed by atoms with Crippen molar-refractivity contribution in [2.45, 2.75) is 31.6 Å². The second kappa shape index (κ2) is 6.23. The summed E-state index contributed by atoms with van der Waals surface area (Å²) in [6, 6.07) is 8.80. The maximum absolute atomic E-state index is 5.11. The van der Waals surface area contributed by atoms with E-state index in [-0.39, 0.29) is 0 Å². The number of anilines is 1. The first kappa shape index (κ1) is 15.0. The van der Waals surface area contributed by atoms with Gasteiger partial charge in [-0.2, -0.15) is 0 Å². The predicted molar refractivity (Wildman–Crippen MR) is 102 cm³/mol. The molecule has 2 aromatic heterocycles. The summed E-state index contributed by atoms with van der Waals surface area (Å²) in [5.74, 6) is 2.98. The Morgan fingerprint density at radius 2 is 1.88 bits per heavy atom. The fraction of sp³-hybridized carbons (Fsp3) is 0.450. The zero-order valence-corrected chi connectivity index (χ0v) is 14.5. The molecular weight excluding hydrogens is 310 g/mol. The van der Waals surface area contributed by atoms with Gasteiger partial charge in [-0.25, -0.2) is 4.98 Å². The van der Waals surface area contributed by atoms with E-state index in [2.05, 4.69) is 50.2 Å². The summed E-state index contributed by atoms with van der Waals surface area (Å²) >= 11 is 0. The summed E-state index contributed by atoms with van der Waals surface area (Å²) in [5.41, 5.74) is 2.41. The van der Waals surface area contributed by atoms with Gasteiger partial charge in [-0.15, -0.1) is 0 Å². The molecule has 1 saturated heterocycles. The summed E-state index contributed by atoms with van der Waals surface area (Å²) in [6.45, 7) is 4.16. The van der Waals surface area contributed by atoms with Crippen molar-refractivity contribution in [1.82, 2.24) is 19.9 Å². The van der Waals surface area contributed by atoms with Crippen LogP contribution in [0.25, 0.3) is 16.6 Å². The van der Waals surface area contributed by atoms with Crippen LogP contribution in [0.1, 0.15) is 37.4 Å². The zero-order chi connectivity index (χ0) is 16.6. The van der Waals surface area contributed by atoms with Crippen LogP contribution in [-0.4, -0.2) is 40.7 Å². The van der Waals surface area contributed by atoms with Crippen LogP contribution in [-0.2, 0) is 0 Å². The number of H-pyrrole nitrogens is 1. The van der Waals surface area contributed by atoms with E-state index in [4.69, 9.17) is 4.98 Å². The lowest BCUT2D eigenvalue weighted by Crippen LogP contribution is -2.43. The molecule has 3 heterocycles. The quantitative estimate of drug-likeness (QED) is 0.771. The Kier molecular flexibility index (Phi) is 3.74. The molecular formula is C20H25N5. The van der Waals surface area contributed by atoms with Crippen LogP contribution in [0.4, 0.5) is 5.82 Å². The molecule has 0 amide bonds. The predicted octanol–water partition coefficient (Wildman–Crippen LogP) is 3.42. The third kappa shape index (κ3) is 2.72. The van der Waals surface area contributed by atoms with Gasteiger partial charge in [0.2, 0.25) is 0 Å². The topological polar surface area (TPSA) is 48.9 Å². The number of benzene rings is 1. The van der Waals surface area contributed by atoms with Crippen LogP contribution < -0.4 is 10.2 Å². The summed E-state index contributed by atoms with van der Waals surface area (Å²) in [7, 11) is 0. The highest BCUT2D eigenvalue weighted by molar-refractivity contribution is 5.81. The summed E-state index contributed by atoms with van der Waals surface area (Å²) < 4.78 is 2.35. The standard InChI is InChI=1S/C20H25N5/c1-2-4-15(3-1)20-23-19(24-11-9-21-10-12-24)14-25(20)17-5-6-18-16(13-17)7-8-22-18/h5-8,13-15,21-22H,1-4,9-12H2. The molecule has 3 aromatic rings. The average Bonchev–Trinajstić information content (AvgIpc) is 3.40. The minimum absolute atomic E-state index is 0.596. The highest BCUT2D eigenvalue weighted by Crippen LogP contribution is 2.36. The van der Waals surface area contributed by atoms with E-state index in [0.717, 1.165) is 32.0 Å². The number of rotatable bonds is 3. The van der Waals surface area contributed by atoms with Gasteiger partial charge < -0.3 is 19.8 Å². The zero-order valence-electron chi connectivity index (χ0n) is 14.5. The van der Waals surface area contributed by atoms with Crippen LogP contribution >= 0.6 is 0 Å². The molecule has 130 valence electrons. The van der Waals surface area contributed by atoms with E-state index < -0.39 is 0 Å². The Bertz CT molecular complexity index is 865. The van der Waals surface area contributed by atoms with E-state index in [1.54, 1.807) is 0 Å². The van der Waals surface area contributed by atoms with E-state index in [1.165, 1.54) is 48.1 Å². The van der Waals surface area contributed by atoms with E-state index in [9.17, 15) is 0 Å². The lowest BCUT2D eigenvalue weighted by Gasteiger charge is -2.27. The van der Waals surface area contributed by atoms with Gasteiger partial charge in [-0.3, -0.25) is 0 Å². The molecule has 1 aliphatic carbocycles. The largest absolute Gasteiger partial charge is 0.361 e. The van der Waals surface area contributed by atoms with E-state index in [0.29, 0.717) is 5.92 Å². The molecule has 5 nitrogen and oxygen atoms in total. The number of aromatic nitrogens is 3. The second-order valence-corrected chi connectivity index (χ2v) is 7.29. The number of nitrogens with zero attached hydrogens (tertiary/aromatic N) is 3. The lowest BCUT2D eigenvalue weighted by molar-refractivity contribution is 0.584. The minimum Gasteiger partial charge on any atom is -0.361 e. The van der Waals surface area contributed by atoms with Gasteiger partial charge in [-0.1, -0.05) is 12.8 Å². The summed E-state index contributed by atoms with van der Waals surface area (Å²) in [6.07, 6.45) is 9.46. The lowest BCUT2D eigenvalue weighted by atomic mass is 10.1. The smallest absolute Gasteiger partial charge is 0.147 e. The normalized spacial score (nSPS) is 19.1. The Hall–Kier alpha value is -2.27. The number of aromatic amines is 1. The Morgan fingerprint density at radius 1 is 1.04 bits per heavy atom. The molecule has 2 aliphatic rings. The molecule has 2 fully saturated rings. The van der Waals surface area contributed by atoms with Gasteiger partial charge in [-0.05, 0) is 37.1 Å². The number of imidazole rings is 1. The van der Waals surface area contributed by atoms with Crippen molar-refractivity contribution < 1.29 is 0 Å². The second-order valence-electron chi connectivity index (χ2n) is 7.29. The maximum Gasteiger partial charge on any atom is 0.147 e. The van der Waals surface area contributed by atoms with E-state index >= 15 is 0 Å². The molecule has 0 unspecified atom stereocenters. The highest BCUT2D eigenvalue weighted by atomic mass is 15.3. The van der Waals surface area contributed by atoms with Gasteiger partial charge in [0.1, 0.15) is 11.6 Å². The van der Waals surface area contributed by atoms with Gasteiger partial charge in [0, 0.05) is 54.9 Å².